The summed E-state index contributed by atoms with van der Waals surface area (Å²) in [5, 5.41) is 22.3. The van der Waals surface area contributed by atoms with Gasteiger partial charge in [-0.15, -0.1) is 11.8 Å². The summed E-state index contributed by atoms with van der Waals surface area (Å²) < 4.78 is 5.39. The highest BCUT2D eigenvalue weighted by atomic mass is 32.2. The highest BCUT2D eigenvalue weighted by Crippen LogP contribution is 2.52. The molecule has 0 bridgehead atoms. The van der Waals surface area contributed by atoms with Gasteiger partial charge >= 0.3 is 5.97 Å². The van der Waals surface area contributed by atoms with Crippen LogP contribution in [0, 0.1) is 11.8 Å². The predicted molar refractivity (Wildman–Crippen MR) is 111 cm³/mol. The van der Waals surface area contributed by atoms with Gasteiger partial charge in [0.15, 0.2) is 5.69 Å². The zero-order valence-electron chi connectivity index (χ0n) is 17.1. The van der Waals surface area contributed by atoms with Crippen molar-refractivity contribution in [3.63, 3.8) is 0 Å². The Morgan fingerprint density at radius 3 is 2.77 bits per heavy atom. The summed E-state index contributed by atoms with van der Waals surface area (Å²) in [5.41, 5.74) is 5.57. The van der Waals surface area contributed by atoms with Gasteiger partial charge in [0.1, 0.15) is 12.0 Å². The lowest BCUT2D eigenvalue weighted by Gasteiger charge is -2.46. The minimum absolute atomic E-state index is 0.0258. The van der Waals surface area contributed by atoms with E-state index >= 15 is 0 Å². The Kier molecular flexibility index (Phi) is 5.71. The van der Waals surface area contributed by atoms with Crippen LogP contribution in [0.4, 0.5) is 6.01 Å². The third kappa shape index (κ3) is 3.58. The van der Waals surface area contributed by atoms with Crippen molar-refractivity contribution in [2.45, 2.75) is 31.2 Å². The van der Waals surface area contributed by atoms with Gasteiger partial charge in [-0.05, 0) is 6.92 Å². The summed E-state index contributed by atoms with van der Waals surface area (Å²) >= 11 is 1.44. The number of hydrogen-bond acceptors (Lipinski definition) is 9. The summed E-state index contributed by atoms with van der Waals surface area (Å²) in [6.45, 7) is 5.26. The van der Waals surface area contributed by atoms with Crippen molar-refractivity contribution in [1.29, 1.82) is 0 Å². The van der Waals surface area contributed by atoms with E-state index in [2.05, 4.69) is 10.3 Å². The molecule has 2 saturated heterocycles. The number of carboxylic acid groups (broad SMARTS) is 1. The standard InChI is InChI=1S/C19H25N5O6S/c1-8-13-12(9(2)25)17(27)24(13)14(18(28)29)15(8)31-10-5-23(6-10)19-22-11(7-30-19)16(26)21-4-3-20/h7-10,12-13,25H,3-6,20H2,1-2H3,(H,21,26)(H,28,29)/t8-,9-,12-,13-/m1/s1. The van der Waals surface area contributed by atoms with Gasteiger partial charge in [0.05, 0.1) is 18.1 Å². The largest absolute Gasteiger partial charge is 0.477 e. The fraction of sp³-hybridized carbons (Fsp3) is 0.579. The van der Waals surface area contributed by atoms with Gasteiger partial charge in [-0.3, -0.25) is 9.59 Å². The molecule has 0 saturated carbocycles. The number of carbonyl (C=O) groups excluding carboxylic acids is 2. The normalized spacial score (nSPS) is 26.5. The second kappa shape index (κ2) is 8.17. The molecule has 2 amide bonds. The fourth-order valence-electron chi connectivity index (χ4n) is 4.32. The second-order valence-electron chi connectivity index (χ2n) is 7.98. The van der Waals surface area contributed by atoms with Crippen LogP contribution in [0.15, 0.2) is 21.3 Å². The highest BCUT2D eigenvalue weighted by Gasteiger charge is 2.60. The van der Waals surface area contributed by atoms with Crippen molar-refractivity contribution in [3.05, 3.63) is 22.6 Å². The van der Waals surface area contributed by atoms with E-state index in [0.29, 0.717) is 37.1 Å². The minimum Gasteiger partial charge on any atom is -0.477 e. The maximum absolute atomic E-state index is 12.4. The third-order valence-electron chi connectivity index (χ3n) is 5.88. The molecule has 4 atom stereocenters. The van der Waals surface area contributed by atoms with Gasteiger partial charge in [-0.25, -0.2) is 4.79 Å². The molecule has 12 heteroatoms. The number of amides is 2. The first kappa shape index (κ1) is 21.7. The number of rotatable bonds is 8. The molecule has 0 radical (unpaired) electrons. The first-order valence-electron chi connectivity index (χ1n) is 10.1. The van der Waals surface area contributed by atoms with E-state index in [4.69, 9.17) is 10.2 Å². The number of carboxylic acids is 1. The fourth-order valence-corrected chi connectivity index (χ4v) is 5.84. The number of nitrogens with two attached hydrogens (primary N) is 1. The molecule has 31 heavy (non-hydrogen) atoms. The number of fused-ring (bicyclic) bond motifs is 1. The average Bonchev–Trinajstić information content (AvgIpc) is 3.24. The first-order valence-corrected chi connectivity index (χ1v) is 11.0. The Morgan fingerprint density at radius 1 is 1.45 bits per heavy atom. The number of aliphatic hydroxyl groups is 1. The number of anilines is 1. The highest BCUT2D eigenvalue weighted by molar-refractivity contribution is 8.03. The number of aliphatic carboxylic acids is 1. The quantitative estimate of drug-likeness (QED) is 0.377. The Labute approximate surface area is 182 Å². The molecule has 11 nitrogen and oxygen atoms in total. The van der Waals surface area contributed by atoms with Crippen LogP contribution < -0.4 is 16.0 Å². The molecule has 4 rings (SSSR count). The predicted octanol–water partition coefficient (Wildman–Crippen LogP) is -0.561. The van der Waals surface area contributed by atoms with Crippen LogP contribution in [0.25, 0.3) is 0 Å². The average molecular weight is 452 g/mol. The molecule has 2 fully saturated rings. The Bertz CT molecular complexity index is 940. The summed E-state index contributed by atoms with van der Waals surface area (Å²) in [6, 6.07) is 0.00781. The van der Waals surface area contributed by atoms with Crippen LogP contribution in [0.1, 0.15) is 24.3 Å². The van der Waals surface area contributed by atoms with Crippen LogP contribution in [-0.4, -0.2) is 81.5 Å². The number of thioether (sulfide) groups is 1. The molecule has 3 aliphatic rings. The number of nitrogens with zero attached hydrogens (tertiary/aromatic N) is 3. The van der Waals surface area contributed by atoms with E-state index in [1.54, 1.807) is 6.92 Å². The number of oxazole rings is 1. The topological polar surface area (TPSA) is 162 Å². The van der Waals surface area contributed by atoms with Gasteiger partial charge in [0.2, 0.25) is 5.91 Å². The molecule has 5 N–H and O–H groups in total. The third-order valence-corrected chi connectivity index (χ3v) is 7.33. The summed E-state index contributed by atoms with van der Waals surface area (Å²) in [5.74, 6) is -2.56. The van der Waals surface area contributed by atoms with E-state index in [1.165, 1.54) is 22.9 Å². The zero-order chi connectivity index (χ0) is 22.4. The molecule has 0 spiro atoms. The Hall–Kier alpha value is -2.57. The molecular weight excluding hydrogens is 426 g/mol. The van der Waals surface area contributed by atoms with Crippen molar-refractivity contribution in [2.75, 3.05) is 31.1 Å². The van der Waals surface area contributed by atoms with Gasteiger partial charge in [-0.2, -0.15) is 4.98 Å². The molecule has 1 aromatic rings. The van der Waals surface area contributed by atoms with E-state index in [0.717, 1.165) is 0 Å². The molecule has 0 aliphatic carbocycles. The van der Waals surface area contributed by atoms with E-state index < -0.39 is 18.0 Å². The SMILES string of the molecule is C[C@@H](O)[C@H]1C(=O)N2C(C(=O)O)=C(SC3CN(c4nc(C(=O)NCCN)co4)C3)[C@H](C)[C@H]12. The lowest BCUT2D eigenvalue weighted by atomic mass is 9.79. The number of aromatic nitrogens is 1. The molecule has 0 unspecified atom stereocenters. The van der Waals surface area contributed by atoms with Gasteiger partial charge in [-0.1, -0.05) is 6.92 Å². The summed E-state index contributed by atoms with van der Waals surface area (Å²) in [4.78, 5) is 44.2. The molecule has 1 aromatic heterocycles. The number of carbonyl (C=O) groups is 3. The van der Waals surface area contributed by atoms with Crippen molar-refractivity contribution in [1.82, 2.24) is 15.2 Å². The smallest absolute Gasteiger partial charge is 0.353 e. The van der Waals surface area contributed by atoms with Gasteiger partial charge in [0.25, 0.3) is 11.9 Å². The Balaban J connectivity index is 1.40. The number of nitrogens with one attached hydrogen (secondary N) is 1. The summed E-state index contributed by atoms with van der Waals surface area (Å²) in [7, 11) is 0. The zero-order valence-corrected chi connectivity index (χ0v) is 18.0. The molecule has 3 aliphatic heterocycles. The monoisotopic (exact) mass is 451 g/mol. The van der Waals surface area contributed by atoms with Crippen molar-refractivity contribution < 1.29 is 29.0 Å². The van der Waals surface area contributed by atoms with Crippen LogP contribution in [0.2, 0.25) is 0 Å². The van der Waals surface area contributed by atoms with E-state index in [-0.39, 0.29) is 40.4 Å². The van der Waals surface area contributed by atoms with Gasteiger partial charge in [0, 0.05) is 42.3 Å². The van der Waals surface area contributed by atoms with Crippen LogP contribution in [0.3, 0.4) is 0 Å². The maximum Gasteiger partial charge on any atom is 0.353 e. The van der Waals surface area contributed by atoms with E-state index in [1.807, 2.05) is 11.8 Å². The maximum atomic E-state index is 12.4. The minimum atomic E-state index is -1.13. The number of hydrogen-bond donors (Lipinski definition) is 4. The Morgan fingerprint density at radius 2 is 2.16 bits per heavy atom. The van der Waals surface area contributed by atoms with Crippen LogP contribution in [0.5, 0.6) is 0 Å². The van der Waals surface area contributed by atoms with Gasteiger partial charge < -0.3 is 35.5 Å². The molecule has 0 aromatic carbocycles. The number of aliphatic hydroxyl groups excluding tert-OH is 1. The second-order valence-corrected chi connectivity index (χ2v) is 9.32. The molecular formula is C19H25N5O6S. The molecule has 4 heterocycles. The van der Waals surface area contributed by atoms with Crippen LogP contribution >= 0.6 is 11.8 Å². The first-order chi connectivity index (χ1) is 14.7. The van der Waals surface area contributed by atoms with Crippen molar-refractivity contribution in [2.24, 2.45) is 17.6 Å². The lowest BCUT2D eigenvalue weighted by molar-refractivity contribution is -0.163. The van der Waals surface area contributed by atoms with Crippen LogP contribution in [-0.2, 0) is 9.59 Å². The number of β-lactam (4-membered cyclic amide) rings is 1. The van der Waals surface area contributed by atoms with Crippen molar-refractivity contribution >= 4 is 35.6 Å². The summed E-state index contributed by atoms with van der Waals surface area (Å²) in [6.07, 6.45) is 0.467. The van der Waals surface area contributed by atoms with Crippen molar-refractivity contribution in [3.8, 4) is 0 Å². The van der Waals surface area contributed by atoms with E-state index in [9.17, 15) is 24.6 Å². The molecule has 168 valence electrons. The lowest BCUT2D eigenvalue weighted by Crippen LogP contribution is -2.63.